The number of amides is 2. The molecule has 2 fully saturated rings. The number of hydrogen-bond acceptors (Lipinski definition) is 4. The Balaban J connectivity index is 0.00000253. The molecule has 2 aromatic carbocycles. The number of rotatable bonds is 10. The molecule has 2 N–H and O–H groups in total. The van der Waals surface area contributed by atoms with E-state index in [0.29, 0.717) is 42.9 Å². The Bertz CT molecular complexity index is 1160. The van der Waals surface area contributed by atoms with Crippen molar-refractivity contribution in [3.8, 4) is 0 Å². The number of hydrogen-bond donors (Lipinski definition) is 2. The molecule has 0 bridgehead atoms. The van der Waals surface area contributed by atoms with Crippen molar-refractivity contribution in [2.75, 3.05) is 26.2 Å². The van der Waals surface area contributed by atoms with E-state index in [1.807, 2.05) is 41.3 Å². The van der Waals surface area contributed by atoms with Gasteiger partial charge in [-0.2, -0.15) is 0 Å². The SMILES string of the molecule is CC(C)CC(C1CCCCC1)N1CCN(C(=O)C(Cc2ccc(Cl)cc2)NC(=O)CC2NCc3ccccc32)CC1.Cl.Cl. The Morgan fingerprint density at radius 1 is 0.953 bits per heavy atom. The molecular formula is C34H49Cl3N4O2. The second-order valence-corrected chi connectivity index (χ2v) is 13.2. The van der Waals surface area contributed by atoms with Gasteiger partial charge in [0.15, 0.2) is 0 Å². The molecule has 0 spiro atoms. The summed E-state index contributed by atoms with van der Waals surface area (Å²) in [7, 11) is 0. The highest BCUT2D eigenvalue weighted by Gasteiger charge is 2.35. The number of piperazine rings is 1. The predicted molar refractivity (Wildman–Crippen MR) is 180 cm³/mol. The molecule has 5 rings (SSSR count). The molecule has 1 aliphatic carbocycles. The molecule has 6 nitrogen and oxygen atoms in total. The molecule has 0 radical (unpaired) electrons. The van der Waals surface area contributed by atoms with E-state index in [-0.39, 0.29) is 42.7 Å². The van der Waals surface area contributed by atoms with Gasteiger partial charge in [-0.15, -0.1) is 24.8 Å². The first-order chi connectivity index (χ1) is 19.9. The van der Waals surface area contributed by atoms with E-state index in [9.17, 15) is 9.59 Å². The summed E-state index contributed by atoms with van der Waals surface area (Å²) in [6.45, 7) is 8.67. The molecule has 43 heavy (non-hydrogen) atoms. The van der Waals surface area contributed by atoms with Gasteiger partial charge in [-0.05, 0) is 59.9 Å². The molecule has 1 saturated heterocycles. The van der Waals surface area contributed by atoms with Gasteiger partial charge in [0.25, 0.3) is 0 Å². The highest BCUT2D eigenvalue weighted by molar-refractivity contribution is 6.30. The number of fused-ring (bicyclic) bond motifs is 1. The third-order valence-corrected chi connectivity index (χ3v) is 9.60. The number of carbonyl (C=O) groups excluding carboxylic acids is 2. The average Bonchev–Trinajstić information content (AvgIpc) is 3.39. The third kappa shape index (κ3) is 9.58. The minimum absolute atomic E-state index is 0. The molecule has 2 heterocycles. The van der Waals surface area contributed by atoms with Gasteiger partial charge in [0, 0.05) is 62.7 Å². The summed E-state index contributed by atoms with van der Waals surface area (Å²) in [6.07, 6.45) is 8.75. The summed E-state index contributed by atoms with van der Waals surface area (Å²) >= 11 is 6.12. The van der Waals surface area contributed by atoms with Gasteiger partial charge in [-0.3, -0.25) is 14.5 Å². The number of carbonyl (C=O) groups is 2. The Morgan fingerprint density at radius 3 is 2.30 bits per heavy atom. The van der Waals surface area contributed by atoms with Crippen molar-refractivity contribution in [1.82, 2.24) is 20.4 Å². The molecule has 238 valence electrons. The molecule has 9 heteroatoms. The van der Waals surface area contributed by atoms with Crippen LogP contribution >= 0.6 is 36.4 Å². The standard InChI is InChI=1S/C34H47ClN4O2.2ClH/c1-24(2)20-32(26-8-4-3-5-9-26)38-16-18-39(19-17-38)34(41)31(21-25-12-14-28(35)15-13-25)37-33(40)22-30-29-11-7-6-10-27(29)23-36-30;;/h6-7,10-15,24,26,30-32,36H,3-5,8-9,16-23H2,1-2H3,(H,37,40);2*1H. The molecular weight excluding hydrogens is 603 g/mol. The Morgan fingerprint density at radius 2 is 1.63 bits per heavy atom. The smallest absolute Gasteiger partial charge is 0.245 e. The lowest BCUT2D eigenvalue weighted by Crippen LogP contribution is -2.58. The van der Waals surface area contributed by atoms with E-state index in [1.165, 1.54) is 49.7 Å². The first-order valence-electron chi connectivity index (χ1n) is 15.7. The van der Waals surface area contributed by atoms with Gasteiger partial charge in [0.2, 0.25) is 11.8 Å². The van der Waals surface area contributed by atoms with Crippen molar-refractivity contribution in [2.24, 2.45) is 11.8 Å². The van der Waals surface area contributed by atoms with Crippen molar-refractivity contribution in [3.63, 3.8) is 0 Å². The Hall–Kier alpha value is -1.83. The zero-order valence-electron chi connectivity index (χ0n) is 25.6. The first-order valence-corrected chi connectivity index (χ1v) is 16.1. The maximum absolute atomic E-state index is 13.9. The van der Waals surface area contributed by atoms with E-state index in [0.717, 1.165) is 31.1 Å². The van der Waals surface area contributed by atoms with Gasteiger partial charge in [0.1, 0.15) is 6.04 Å². The summed E-state index contributed by atoms with van der Waals surface area (Å²) in [5.74, 6) is 1.37. The fraction of sp³-hybridized carbons (Fsp3) is 0.588. The molecule has 3 atom stereocenters. The summed E-state index contributed by atoms with van der Waals surface area (Å²) in [5.41, 5.74) is 3.40. The average molecular weight is 652 g/mol. The van der Waals surface area contributed by atoms with Crippen LogP contribution in [0.5, 0.6) is 0 Å². The van der Waals surface area contributed by atoms with E-state index < -0.39 is 6.04 Å². The first kappa shape index (κ1) is 35.6. The number of nitrogens with zero attached hydrogens (tertiary/aromatic N) is 2. The fourth-order valence-corrected chi connectivity index (χ4v) is 7.32. The van der Waals surface area contributed by atoms with Gasteiger partial charge in [-0.25, -0.2) is 0 Å². The summed E-state index contributed by atoms with van der Waals surface area (Å²) in [4.78, 5) is 31.9. The molecule has 2 aliphatic heterocycles. The minimum Gasteiger partial charge on any atom is -0.344 e. The van der Waals surface area contributed by atoms with Gasteiger partial charge >= 0.3 is 0 Å². The van der Waals surface area contributed by atoms with Crippen LogP contribution in [-0.4, -0.2) is 59.9 Å². The van der Waals surface area contributed by atoms with Gasteiger partial charge in [-0.1, -0.05) is 81.1 Å². The maximum atomic E-state index is 13.9. The molecule has 2 aromatic rings. The minimum atomic E-state index is -0.600. The van der Waals surface area contributed by atoms with Crippen LogP contribution in [0.2, 0.25) is 5.02 Å². The third-order valence-electron chi connectivity index (χ3n) is 9.35. The normalized spacial score (nSPS) is 20.5. The van der Waals surface area contributed by atoms with E-state index in [1.54, 1.807) is 0 Å². The van der Waals surface area contributed by atoms with Gasteiger partial charge in [0.05, 0.1) is 0 Å². The van der Waals surface area contributed by atoms with Gasteiger partial charge < -0.3 is 15.5 Å². The lowest BCUT2D eigenvalue weighted by molar-refractivity contribution is -0.138. The van der Waals surface area contributed by atoms with E-state index >= 15 is 0 Å². The summed E-state index contributed by atoms with van der Waals surface area (Å²) in [5, 5.41) is 7.25. The topological polar surface area (TPSA) is 64.7 Å². The number of benzene rings is 2. The zero-order valence-corrected chi connectivity index (χ0v) is 28.0. The molecule has 0 aromatic heterocycles. The van der Waals surface area contributed by atoms with Crippen molar-refractivity contribution < 1.29 is 9.59 Å². The second-order valence-electron chi connectivity index (χ2n) is 12.7. The maximum Gasteiger partial charge on any atom is 0.245 e. The highest BCUT2D eigenvalue weighted by atomic mass is 35.5. The van der Waals surface area contributed by atoms with Crippen LogP contribution in [0.3, 0.4) is 0 Å². The van der Waals surface area contributed by atoms with E-state index in [2.05, 4.69) is 41.5 Å². The van der Waals surface area contributed by atoms with E-state index in [4.69, 9.17) is 11.6 Å². The highest BCUT2D eigenvalue weighted by Crippen LogP contribution is 2.33. The van der Waals surface area contributed by atoms with Crippen LogP contribution in [0.1, 0.15) is 81.5 Å². The van der Waals surface area contributed by atoms with Crippen molar-refractivity contribution in [1.29, 1.82) is 0 Å². The summed E-state index contributed by atoms with van der Waals surface area (Å²) < 4.78 is 0. The second kappa shape index (κ2) is 17.0. The fourth-order valence-electron chi connectivity index (χ4n) is 7.19. The molecule has 2 amide bonds. The van der Waals surface area contributed by atoms with Crippen molar-refractivity contribution in [2.45, 2.75) is 89.9 Å². The molecule has 3 unspecified atom stereocenters. The number of halogens is 3. The van der Waals surface area contributed by atoms with Crippen LogP contribution in [-0.2, 0) is 22.6 Å². The Labute approximate surface area is 275 Å². The van der Waals surface area contributed by atoms with Crippen LogP contribution in [0.4, 0.5) is 0 Å². The molecule has 3 aliphatic rings. The van der Waals surface area contributed by atoms with Crippen molar-refractivity contribution in [3.05, 3.63) is 70.2 Å². The Kier molecular flexibility index (Phi) is 14.1. The number of nitrogens with one attached hydrogen (secondary N) is 2. The zero-order chi connectivity index (χ0) is 28.8. The predicted octanol–water partition coefficient (Wildman–Crippen LogP) is 6.58. The lowest BCUT2D eigenvalue weighted by Gasteiger charge is -2.44. The van der Waals surface area contributed by atoms with Crippen LogP contribution in [0.15, 0.2) is 48.5 Å². The summed E-state index contributed by atoms with van der Waals surface area (Å²) in [6, 6.07) is 15.8. The van der Waals surface area contributed by atoms with Crippen LogP contribution < -0.4 is 10.6 Å². The quantitative estimate of drug-likeness (QED) is 0.305. The monoisotopic (exact) mass is 650 g/mol. The van der Waals surface area contributed by atoms with Crippen molar-refractivity contribution >= 4 is 48.2 Å². The van der Waals surface area contributed by atoms with Crippen LogP contribution in [0.25, 0.3) is 0 Å². The largest absolute Gasteiger partial charge is 0.344 e. The van der Waals surface area contributed by atoms with Crippen LogP contribution in [0, 0.1) is 11.8 Å². The lowest BCUT2D eigenvalue weighted by atomic mass is 9.80. The molecule has 1 saturated carbocycles.